The van der Waals surface area contributed by atoms with Crippen molar-refractivity contribution in [2.45, 2.75) is 37.5 Å². The maximum absolute atomic E-state index is 12.0. The third kappa shape index (κ3) is 1.99. The number of nitrogens with one attached hydrogen (secondary N) is 1. The predicted octanol–water partition coefficient (Wildman–Crippen LogP) is -0.531. The first-order chi connectivity index (χ1) is 9.61. The minimum absolute atomic E-state index is 0.0824. The summed E-state index contributed by atoms with van der Waals surface area (Å²) in [7, 11) is 0. The summed E-state index contributed by atoms with van der Waals surface area (Å²) in [6, 6.07) is 1.22. The van der Waals surface area contributed by atoms with Crippen molar-refractivity contribution in [3.63, 3.8) is 0 Å². The zero-order valence-electron chi connectivity index (χ0n) is 10.8. The average Bonchev–Trinajstić information content (AvgIpc) is 2.77. The van der Waals surface area contributed by atoms with E-state index in [0.29, 0.717) is 12.8 Å². The number of aromatic amines is 1. The second-order valence-corrected chi connectivity index (χ2v) is 5.33. The highest BCUT2D eigenvalue weighted by molar-refractivity contribution is 5.25. The Kier molecular flexibility index (Phi) is 3.23. The fraction of sp³-hybridized carbons (Fsp3) is 0.538. The second kappa shape index (κ2) is 4.92. The fourth-order valence-electron chi connectivity index (χ4n) is 3.32. The molecule has 108 valence electrons. The van der Waals surface area contributed by atoms with Crippen molar-refractivity contribution in [2.24, 2.45) is 11.1 Å². The zero-order valence-corrected chi connectivity index (χ0v) is 10.8. The molecular weight excluding hydrogens is 262 g/mol. The third-order valence-corrected chi connectivity index (χ3v) is 4.21. The molecule has 1 heterocycles. The highest BCUT2D eigenvalue weighted by atomic mass is 16.4. The van der Waals surface area contributed by atoms with Gasteiger partial charge in [0.2, 0.25) is 0 Å². The highest BCUT2D eigenvalue weighted by Crippen LogP contribution is 2.44. The van der Waals surface area contributed by atoms with Gasteiger partial charge in [-0.2, -0.15) is 0 Å². The predicted molar refractivity (Wildman–Crippen MR) is 68.9 cm³/mol. The minimum Gasteiger partial charge on any atom is -0.409 e. The van der Waals surface area contributed by atoms with E-state index in [1.54, 1.807) is 0 Å². The van der Waals surface area contributed by atoms with Gasteiger partial charge in [-0.3, -0.25) is 9.55 Å². The van der Waals surface area contributed by atoms with E-state index in [2.05, 4.69) is 10.1 Å². The first-order valence-electron chi connectivity index (χ1n) is 6.67. The number of aliphatic hydroxyl groups excluding tert-OH is 2. The lowest BCUT2D eigenvalue weighted by Crippen LogP contribution is -2.33. The van der Waals surface area contributed by atoms with E-state index in [9.17, 15) is 15.0 Å². The van der Waals surface area contributed by atoms with Crippen LogP contribution in [0, 0.1) is 5.92 Å². The average molecular weight is 279 g/mol. The standard InChI is InChI=1S/C13H17N3O4/c17-9-3-1-2-7-8(6-10(18)12(7)9)16-5-4-11(15-20)14-13(16)19/h2,4-5,8-10,12,17-18,20H,1,3,6H2,(H,14,15,19)/t8-,9+,10-,12+/m0/s1. The highest BCUT2D eigenvalue weighted by Gasteiger charge is 2.43. The Hall–Kier alpha value is -1.86. The molecule has 7 nitrogen and oxygen atoms in total. The molecule has 1 fully saturated rings. The van der Waals surface area contributed by atoms with Crippen molar-refractivity contribution in [1.82, 2.24) is 9.55 Å². The quantitative estimate of drug-likeness (QED) is 0.314. The van der Waals surface area contributed by atoms with Gasteiger partial charge in [0.05, 0.1) is 18.2 Å². The van der Waals surface area contributed by atoms with Crippen LogP contribution in [0.2, 0.25) is 0 Å². The van der Waals surface area contributed by atoms with E-state index in [4.69, 9.17) is 5.21 Å². The van der Waals surface area contributed by atoms with Crippen LogP contribution in [-0.4, -0.2) is 37.2 Å². The van der Waals surface area contributed by atoms with Gasteiger partial charge in [-0.05, 0) is 24.8 Å². The van der Waals surface area contributed by atoms with Gasteiger partial charge >= 0.3 is 5.69 Å². The number of hydrogen-bond acceptors (Lipinski definition) is 5. The van der Waals surface area contributed by atoms with Gasteiger partial charge < -0.3 is 15.4 Å². The van der Waals surface area contributed by atoms with Gasteiger partial charge in [0, 0.05) is 18.2 Å². The monoisotopic (exact) mass is 279 g/mol. The summed E-state index contributed by atoms with van der Waals surface area (Å²) in [4.78, 5) is 14.5. The topological polar surface area (TPSA) is 111 Å². The molecule has 0 bridgehead atoms. The Morgan fingerprint density at radius 1 is 1.35 bits per heavy atom. The number of allylic oxidation sites excluding steroid dienone is 1. The van der Waals surface area contributed by atoms with E-state index in [-0.39, 0.29) is 17.4 Å². The van der Waals surface area contributed by atoms with E-state index in [1.165, 1.54) is 16.8 Å². The van der Waals surface area contributed by atoms with Crippen LogP contribution < -0.4 is 11.2 Å². The lowest BCUT2D eigenvalue weighted by Gasteiger charge is -2.27. The molecule has 0 spiro atoms. The fourth-order valence-corrected chi connectivity index (χ4v) is 3.32. The van der Waals surface area contributed by atoms with E-state index < -0.39 is 17.9 Å². The van der Waals surface area contributed by atoms with Crippen LogP contribution in [-0.2, 0) is 0 Å². The molecule has 0 aliphatic heterocycles. The van der Waals surface area contributed by atoms with Gasteiger partial charge in [0.25, 0.3) is 0 Å². The Labute approximate surface area is 114 Å². The lowest BCUT2D eigenvalue weighted by atomic mass is 9.85. The molecule has 3 rings (SSSR count). The summed E-state index contributed by atoms with van der Waals surface area (Å²) in [5.74, 6) is -0.289. The molecule has 0 saturated heterocycles. The van der Waals surface area contributed by atoms with E-state index >= 15 is 0 Å². The zero-order chi connectivity index (χ0) is 14.3. The molecule has 2 aliphatic carbocycles. The van der Waals surface area contributed by atoms with Gasteiger partial charge in [-0.1, -0.05) is 11.2 Å². The molecule has 0 radical (unpaired) electrons. The molecule has 20 heavy (non-hydrogen) atoms. The molecule has 0 aromatic carbocycles. The number of nitrogens with zero attached hydrogens (tertiary/aromatic N) is 2. The van der Waals surface area contributed by atoms with Gasteiger partial charge in [0.15, 0.2) is 5.49 Å². The summed E-state index contributed by atoms with van der Waals surface area (Å²) in [5.41, 5.74) is 0.596. The molecule has 7 heteroatoms. The third-order valence-electron chi connectivity index (χ3n) is 4.21. The smallest absolute Gasteiger partial charge is 0.327 e. The molecule has 1 aromatic heterocycles. The van der Waals surface area contributed by atoms with Crippen LogP contribution in [0.25, 0.3) is 0 Å². The van der Waals surface area contributed by atoms with Crippen molar-refractivity contribution in [3.8, 4) is 0 Å². The summed E-state index contributed by atoms with van der Waals surface area (Å²) < 4.78 is 1.47. The van der Waals surface area contributed by atoms with Crippen molar-refractivity contribution in [2.75, 3.05) is 0 Å². The van der Waals surface area contributed by atoms with Gasteiger partial charge in [-0.15, -0.1) is 0 Å². The molecule has 2 aliphatic rings. The van der Waals surface area contributed by atoms with Crippen molar-refractivity contribution in [1.29, 1.82) is 0 Å². The van der Waals surface area contributed by atoms with Crippen LogP contribution in [0.15, 0.2) is 33.9 Å². The second-order valence-electron chi connectivity index (χ2n) is 5.33. The molecule has 4 atom stereocenters. The first-order valence-corrected chi connectivity index (χ1v) is 6.67. The number of fused-ring (bicyclic) bond motifs is 1. The molecule has 0 amide bonds. The van der Waals surface area contributed by atoms with Crippen molar-refractivity contribution >= 4 is 0 Å². The maximum Gasteiger partial charge on any atom is 0.327 e. The maximum atomic E-state index is 12.0. The van der Waals surface area contributed by atoms with Crippen molar-refractivity contribution < 1.29 is 15.4 Å². The van der Waals surface area contributed by atoms with Crippen LogP contribution in [0.3, 0.4) is 0 Å². The number of hydrogen-bond donors (Lipinski definition) is 4. The van der Waals surface area contributed by atoms with Crippen LogP contribution >= 0.6 is 0 Å². The van der Waals surface area contributed by atoms with Crippen LogP contribution in [0.4, 0.5) is 0 Å². The molecule has 0 unspecified atom stereocenters. The number of aromatic nitrogens is 2. The number of aliphatic hydroxyl groups is 2. The Morgan fingerprint density at radius 2 is 2.15 bits per heavy atom. The Morgan fingerprint density at radius 3 is 2.85 bits per heavy atom. The van der Waals surface area contributed by atoms with Crippen LogP contribution in [0.5, 0.6) is 0 Å². The molecular formula is C13H17N3O4. The summed E-state index contributed by atoms with van der Waals surface area (Å²) in [5, 5.41) is 31.7. The SMILES string of the molecule is O=c1[nH]/c(=N\O)ccn1[C@H]1C[C@H](O)[C@@H]2C1=CCC[C@H]2O. The number of rotatable bonds is 1. The van der Waals surface area contributed by atoms with Crippen LogP contribution in [0.1, 0.15) is 25.3 Å². The molecule has 1 saturated carbocycles. The summed E-state index contributed by atoms with van der Waals surface area (Å²) >= 11 is 0. The van der Waals surface area contributed by atoms with E-state index in [1.807, 2.05) is 6.08 Å². The van der Waals surface area contributed by atoms with Gasteiger partial charge in [0.1, 0.15) is 0 Å². The Bertz CT molecular complexity index is 660. The van der Waals surface area contributed by atoms with E-state index in [0.717, 1.165) is 12.0 Å². The lowest BCUT2D eigenvalue weighted by molar-refractivity contribution is 0.0373. The summed E-state index contributed by atoms with van der Waals surface area (Å²) in [6.07, 6.45) is 4.14. The first kappa shape index (κ1) is 13.1. The largest absolute Gasteiger partial charge is 0.409 e. The normalized spacial score (nSPS) is 33.9. The Balaban J connectivity index is 2.03. The van der Waals surface area contributed by atoms with Crippen molar-refractivity contribution in [3.05, 3.63) is 39.9 Å². The number of H-pyrrole nitrogens is 1. The molecule has 1 aromatic rings. The molecule has 4 N–H and O–H groups in total. The minimum atomic E-state index is -0.643. The van der Waals surface area contributed by atoms with Gasteiger partial charge in [-0.25, -0.2) is 4.79 Å². The summed E-state index contributed by atoms with van der Waals surface area (Å²) in [6.45, 7) is 0.